The molecule has 9 aromatic rings. The highest BCUT2D eigenvalue weighted by Gasteiger charge is 2.45. The Hall–Kier alpha value is -6.44. The molecular weight excluding hydrogens is 627 g/mol. The summed E-state index contributed by atoms with van der Waals surface area (Å²) in [5.41, 5.74) is 17.6. The number of benzene rings is 8. The molecule has 0 saturated carbocycles. The van der Waals surface area contributed by atoms with Crippen LogP contribution in [0.25, 0.3) is 72.0 Å². The number of hydrogen-bond donors (Lipinski definition) is 0. The highest BCUT2D eigenvalue weighted by Crippen LogP contribution is 2.58. The zero-order chi connectivity index (χ0) is 34.6. The zero-order valence-corrected chi connectivity index (χ0v) is 29.1. The van der Waals surface area contributed by atoms with Crippen molar-refractivity contribution in [3.8, 4) is 50.2 Å². The minimum atomic E-state index is -0.332. The van der Waals surface area contributed by atoms with Crippen LogP contribution in [0.2, 0.25) is 0 Å². The lowest BCUT2D eigenvalue weighted by molar-refractivity contribution is 0.611. The van der Waals surface area contributed by atoms with Crippen LogP contribution in [0.15, 0.2) is 194 Å². The summed E-state index contributed by atoms with van der Waals surface area (Å²) in [6.07, 6.45) is 0.935. The van der Waals surface area contributed by atoms with E-state index >= 15 is 0 Å². The van der Waals surface area contributed by atoms with Gasteiger partial charge in [-0.05, 0) is 80.3 Å². The Kier molecular flexibility index (Phi) is 7.08. The Morgan fingerprint density at radius 3 is 1.63 bits per heavy atom. The fourth-order valence-corrected chi connectivity index (χ4v) is 9.26. The molecule has 1 nitrogen and oxygen atoms in total. The molecule has 0 radical (unpaired) electrons. The van der Waals surface area contributed by atoms with Crippen molar-refractivity contribution < 1.29 is 0 Å². The van der Waals surface area contributed by atoms with E-state index in [4.69, 9.17) is 0 Å². The van der Waals surface area contributed by atoms with Crippen LogP contribution in [-0.4, -0.2) is 4.57 Å². The summed E-state index contributed by atoms with van der Waals surface area (Å²) in [7, 11) is 0. The molecule has 0 aliphatic heterocycles. The van der Waals surface area contributed by atoms with E-state index in [1.807, 2.05) is 0 Å². The lowest BCUT2D eigenvalue weighted by Gasteiger charge is -2.34. The Morgan fingerprint density at radius 2 is 0.885 bits per heavy atom. The van der Waals surface area contributed by atoms with Crippen LogP contribution in [0.5, 0.6) is 0 Å². The van der Waals surface area contributed by atoms with Gasteiger partial charge in [0, 0.05) is 21.8 Å². The number of aromatic nitrogens is 1. The van der Waals surface area contributed by atoms with E-state index in [1.54, 1.807) is 0 Å². The summed E-state index contributed by atoms with van der Waals surface area (Å²) < 4.78 is 2.49. The maximum Gasteiger partial charge on any atom is 0.0547 e. The first-order chi connectivity index (χ1) is 25.8. The van der Waals surface area contributed by atoms with E-state index in [9.17, 15) is 0 Å². The van der Waals surface area contributed by atoms with E-state index in [1.165, 1.54) is 88.7 Å². The number of nitrogens with zero attached hydrogens (tertiary/aromatic N) is 1. The molecule has 0 bridgehead atoms. The molecule has 0 fully saturated rings. The van der Waals surface area contributed by atoms with Crippen molar-refractivity contribution in [1.29, 1.82) is 0 Å². The van der Waals surface area contributed by atoms with Gasteiger partial charge in [-0.1, -0.05) is 183 Å². The van der Waals surface area contributed by atoms with Gasteiger partial charge < -0.3 is 4.57 Å². The molecule has 246 valence electrons. The lowest BCUT2D eigenvalue weighted by Crippen LogP contribution is -2.27. The van der Waals surface area contributed by atoms with Gasteiger partial charge in [-0.3, -0.25) is 0 Å². The van der Waals surface area contributed by atoms with Crippen LogP contribution in [-0.2, 0) is 5.41 Å². The van der Waals surface area contributed by atoms with E-state index < -0.39 is 0 Å². The summed E-state index contributed by atoms with van der Waals surface area (Å²) in [5.74, 6) is 0. The third-order valence-corrected chi connectivity index (χ3v) is 11.4. The first-order valence-corrected chi connectivity index (χ1v) is 18.4. The van der Waals surface area contributed by atoms with Gasteiger partial charge in [0.05, 0.1) is 16.7 Å². The highest BCUT2D eigenvalue weighted by atomic mass is 15.0. The highest BCUT2D eigenvalue weighted by molar-refractivity contribution is 6.16. The molecule has 1 heteroatoms. The van der Waals surface area contributed by atoms with Crippen molar-refractivity contribution in [2.75, 3.05) is 0 Å². The van der Waals surface area contributed by atoms with E-state index in [-0.39, 0.29) is 5.41 Å². The van der Waals surface area contributed by atoms with Gasteiger partial charge in [-0.15, -0.1) is 0 Å². The molecular formula is C51H37N. The van der Waals surface area contributed by atoms with Gasteiger partial charge in [-0.2, -0.15) is 0 Å². The van der Waals surface area contributed by atoms with Crippen molar-refractivity contribution >= 4 is 21.8 Å². The molecule has 0 amide bonds. The van der Waals surface area contributed by atoms with Gasteiger partial charge in [-0.25, -0.2) is 0 Å². The number of rotatable bonds is 6. The summed E-state index contributed by atoms with van der Waals surface area (Å²) in [4.78, 5) is 0. The quantitative estimate of drug-likeness (QED) is 0.167. The predicted molar refractivity (Wildman–Crippen MR) is 219 cm³/mol. The molecule has 1 aromatic heterocycles. The van der Waals surface area contributed by atoms with Crippen LogP contribution in [0.3, 0.4) is 0 Å². The minimum Gasteiger partial charge on any atom is -0.309 e. The smallest absolute Gasteiger partial charge is 0.0547 e. The van der Waals surface area contributed by atoms with E-state index in [0.717, 1.165) is 6.42 Å². The van der Waals surface area contributed by atoms with Gasteiger partial charge in [0.15, 0.2) is 0 Å². The van der Waals surface area contributed by atoms with Crippen LogP contribution in [0, 0.1) is 0 Å². The summed E-state index contributed by atoms with van der Waals surface area (Å²) >= 11 is 0. The predicted octanol–water partition coefficient (Wildman–Crippen LogP) is 13.5. The van der Waals surface area contributed by atoms with E-state index in [0.29, 0.717) is 0 Å². The van der Waals surface area contributed by atoms with Gasteiger partial charge >= 0.3 is 0 Å². The monoisotopic (exact) mass is 663 g/mol. The van der Waals surface area contributed by atoms with Crippen LogP contribution in [0.4, 0.5) is 0 Å². The molecule has 0 saturated heterocycles. The van der Waals surface area contributed by atoms with E-state index in [2.05, 4.69) is 206 Å². The van der Waals surface area contributed by atoms with Gasteiger partial charge in [0.2, 0.25) is 0 Å². The van der Waals surface area contributed by atoms with Crippen molar-refractivity contribution in [1.82, 2.24) is 4.57 Å². The maximum absolute atomic E-state index is 2.49. The van der Waals surface area contributed by atoms with Crippen LogP contribution >= 0.6 is 0 Å². The summed E-state index contributed by atoms with van der Waals surface area (Å²) in [6.45, 7) is 2.36. The first kappa shape index (κ1) is 30.4. The Balaban J connectivity index is 1.25. The Labute approximate surface area is 305 Å². The number of hydrogen-bond acceptors (Lipinski definition) is 0. The zero-order valence-electron chi connectivity index (χ0n) is 29.1. The molecule has 0 spiro atoms. The van der Waals surface area contributed by atoms with Crippen LogP contribution < -0.4 is 0 Å². The molecule has 1 heterocycles. The fourth-order valence-electron chi connectivity index (χ4n) is 9.26. The topological polar surface area (TPSA) is 4.93 Å². The molecule has 1 aliphatic carbocycles. The average Bonchev–Trinajstić information content (AvgIpc) is 3.72. The Morgan fingerprint density at radius 1 is 0.385 bits per heavy atom. The van der Waals surface area contributed by atoms with Gasteiger partial charge in [0.1, 0.15) is 0 Å². The second kappa shape index (κ2) is 12.1. The maximum atomic E-state index is 2.49. The minimum absolute atomic E-state index is 0.332. The fraction of sp³-hybridized carbons (Fsp3) is 0.0588. The lowest BCUT2D eigenvalue weighted by atomic mass is 9.68. The normalized spacial score (nSPS) is 14.8. The van der Waals surface area contributed by atoms with Crippen molar-refractivity contribution in [3.63, 3.8) is 0 Å². The summed E-state index contributed by atoms with van der Waals surface area (Å²) in [6, 6.07) is 71.5. The average molecular weight is 664 g/mol. The molecule has 0 N–H and O–H groups in total. The number of fused-ring (bicyclic) bond motifs is 6. The number of para-hydroxylation sites is 2. The molecule has 8 aromatic carbocycles. The van der Waals surface area contributed by atoms with Crippen molar-refractivity contribution in [3.05, 3.63) is 211 Å². The third-order valence-electron chi connectivity index (χ3n) is 11.4. The molecule has 1 aliphatic rings. The largest absolute Gasteiger partial charge is 0.309 e. The second-order valence-electron chi connectivity index (χ2n) is 13.9. The summed E-state index contributed by atoms with van der Waals surface area (Å²) in [5, 5.41) is 2.54. The molecule has 52 heavy (non-hydrogen) atoms. The molecule has 1 atom stereocenters. The second-order valence-corrected chi connectivity index (χ2v) is 13.9. The molecule has 1 unspecified atom stereocenters. The standard InChI is InChI=1S/C51H37N/c1-2-51(44-30-14-10-25-41(44)49-37(27-17-31-45(49)51)35-19-5-3-6-20-35)43-29-13-9-23-39(43)40-24-11-15-32-46(40)52-47-33-16-12-26-42(47)50-38(28-18-34-48(50)52)36-21-7-4-8-22-36/h3-34H,2H2,1H3. The van der Waals surface area contributed by atoms with Crippen LogP contribution in [0.1, 0.15) is 30.0 Å². The third kappa shape index (κ3) is 4.36. The molecule has 10 rings (SSSR count). The van der Waals surface area contributed by atoms with Crippen molar-refractivity contribution in [2.45, 2.75) is 18.8 Å². The Bertz CT molecular complexity index is 2770. The van der Waals surface area contributed by atoms with Crippen molar-refractivity contribution in [2.24, 2.45) is 0 Å². The first-order valence-electron chi connectivity index (χ1n) is 18.4. The SMILES string of the molecule is CCC1(c2ccccc2-c2ccccc2-n2c3ccccc3c3c(-c4ccccc4)cccc32)c2ccccc2-c2c(-c3ccccc3)cccc21. The van der Waals surface area contributed by atoms with Gasteiger partial charge in [0.25, 0.3) is 0 Å².